The third kappa shape index (κ3) is 12.8. The van der Waals surface area contributed by atoms with Crippen molar-refractivity contribution in [3.8, 4) is 0 Å². The number of fused-ring (bicyclic) bond motifs is 4. The van der Waals surface area contributed by atoms with Gasteiger partial charge in [0, 0.05) is 47.8 Å². The molecule has 494 valence electrons. The average Bonchev–Trinajstić information content (AvgIpc) is 1.44. The topological polar surface area (TPSA) is 255 Å². The molecule has 13 rings (SSSR count). The Labute approximate surface area is 560 Å². The lowest BCUT2D eigenvalue weighted by atomic mass is 9.69. The first kappa shape index (κ1) is 66.4. The summed E-state index contributed by atoms with van der Waals surface area (Å²) in [7, 11) is -2.81. The molecule has 2 saturated heterocycles. The molecule has 4 aliphatic rings. The fourth-order valence-electron chi connectivity index (χ4n) is 13.4. The van der Waals surface area contributed by atoms with Crippen molar-refractivity contribution < 1.29 is 41.8 Å². The van der Waals surface area contributed by atoms with Crippen LogP contribution in [-0.4, -0.2) is 110 Å². The first-order valence-electron chi connectivity index (χ1n) is 31.5. The Morgan fingerprint density at radius 3 is 2.18 bits per heavy atom. The SMILES string of the molecule is C=C(C)[C@@H]1CC[C@]2(C)SP(=S)(OC[C@H]3O[C@@H](n4cnc5c(=O)n6ccn(CCc7ccc([N+](=O)[O-])cc7)c6nc54)[C@H](OP(O)(=S)OC[C@H]4C[C@@H](n5cnc6c(N)ncnc65)[C@@H]4COC(c4ccccc4)(c4ccccc4)c4ccccc4)[C@@H]3O[Si](C)(C)C(C)(C)C)O[C@H]2C1. The summed E-state index contributed by atoms with van der Waals surface area (Å²) in [5.41, 5.74) is 7.89. The number of nitrogens with two attached hydrogens (primary N) is 1. The van der Waals surface area contributed by atoms with Crippen LogP contribution in [0, 0.1) is 27.9 Å². The van der Waals surface area contributed by atoms with Crippen LogP contribution in [0.4, 0.5) is 11.5 Å². The van der Waals surface area contributed by atoms with Crippen molar-refractivity contribution in [1.82, 2.24) is 43.0 Å². The van der Waals surface area contributed by atoms with Gasteiger partial charge in [-0.25, -0.2) is 24.3 Å². The lowest BCUT2D eigenvalue weighted by molar-refractivity contribution is -0.384. The Morgan fingerprint density at radius 1 is 0.894 bits per heavy atom. The van der Waals surface area contributed by atoms with Gasteiger partial charge >= 0.3 is 6.72 Å². The first-order chi connectivity index (χ1) is 44.8. The van der Waals surface area contributed by atoms with Gasteiger partial charge < -0.3 is 47.2 Å². The third-order valence-corrected chi connectivity index (χ3v) is 31.7. The van der Waals surface area contributed by atoms with Gasteiger partial charge in [0.1, 0.15) is 35.8 Å². The van der Waals surface area contributed by atoms with Crippen LogP contribution in [0.2, 0.25) is 18.1 Å². The molecule has 0 amide bonds. The Bertz CT molecular complexity index is 4350. The molecule has 3 N–H and O–H groups in total. The van der Waals surface area contributed by atoms with Crippen molar-refractivity contribution in [3.63, 3.8) is 0 Å². The number of benzene rings is 4. The smallest absolute Gasteiger partial charge is 0.325 e. The molecular formula is C66H77N11O11P2S3Si. The summed E-state index contributed by atoms with van der Waals surface area (Å²) >= 11 is 14.2. The molecule has 5 aromatic heterocycles. The zero-order valence-corrected chi connectivity index (χ0v) is 58.6. The van der Waals surface area contributed by atoms with Gasteiger partial charge in [-0.15, -0.1) is 0 Å². The molecule has 7 heterocycles. The van der Waals surface area contributed by atoms with E-state index >= 15 is 0 Å². The highest BCUT2D eigenvalue weighted by Gasteiger charge is 2.57. The van der Waals surface area contributed by atoms with E-state index in [-0.39, 0.29) is 76.3 Å². The standard InChI is InChI=1S/C66H77N11O11P2S3Si/c1-42(2)44-28-30-65(6)53(35-44)86-90(92,93-65)84-38-52-56(88-94(7,8)64(3,4)5)57(62(85-52)76-41-71-55-60(76)72-63-73(32-33-74(63)61(55)78)31-29-43-24-26-49(27-25-43)77(79)80)87-89(81,91)83-36-45-34-51(75-40-70-54-58(67)68-39-69-59(54)75)50(45)37-82-66(46-18-12-9-13-19-46,47-20-14-10-15-21-47)48-22-16-11-17-23-48/h9-27,32-33,39-41,44-45,50-53,56-57,62H,1,28-31,34-38H2,2-8H3,(H,81,91)(H2,67,68,69)/t44-,45-,50-,51-,52-,53+,56-,57-,62-,65+,89?,90?/m1/s1. The molecule has 4 fully saturated rings. The average molecular weight is 1390 g/mol. The monoisotopic (exact) mass is 1390 g/mol. The van der Waals surface area contributed by atoms with E-state index < -0.39 is 61.4 Å². The van der Waals surface area contributed by atoms with Crippen LogP contribution in [0.3, 0.4) is 0 Å². The Hall–Kier alpha value is -6.19. The number of aromatic nitrogens is 9. The molecule has 9 aromatic rings. The lowest BCUT2D eigenvalue weighted by Gasteiger charge is -2.47. The van der Waals surface area contributed by atoms with Crippen molar-refractivity contribution in [2.75, 3.05) is 25.6 Å². The summed E-state index contributed by atoms with van der Waals surface area (Å²) in [4.78, 5) is 61.8. The Kier molecular flexibility index (Phi) is 18.4. The summed E-state index contributed by atoms with van der Waals surface area (Å²) in [6, 6.07) is 36.6. The minimum Gasteiger partial charge on any atom is -0.408 e. The number of nitrogen functional groups attached to an aromatic ring is 1. The second kappa shape index (κ2) is 26.0. The van der Waals surface area contributed by atoms with Crippen LogP contribution < -0.4 is 11.3 Å². The maximum atomic E-state index is 14.6. The summed E-state index contributed by atoms with van der Waals surface area (Å²) < 4.78 is 56.2. The van der Waals surface area contributed by atoms with Crippen LogP contribution in [0.15, 0.2) is 164 Å². The molecule has 2 unspecified atom stereocenters. The van der Waals surface area contributed by atoms with Gasteiger partial charge in [-0.2, -0.15) is 4.98 Å². The predicted octanol–water partition coefficient (Wildman–Crippen LogP) is 13.0. The van der Waals surface area contributed by atoms with Crippen LogP contribution in [-0.2, 0) is 74.2 Å². The largest absolute Gasteiger partial charge is 0.408 e. The number of rotatable bonds is 23. The van der Waals surface area contributed by atoms with Gasteiger partial charge in [0.15, 0.2) is 37.2 Å². The van der Waals surface area contributed by atoms with Gasteiger partial charge in [-0.05, 0) is 122 Å². The van der Waals surface area contributed by atoms with Gasteiger partial charge in [0.25, 0.3) is 11.2 Å². The number of ether oxygens (including phenoxy) is 2. The first-order valence-corrected chi connectivity index (χ1v) is 41.1. The van der Waals surface area contributed by atoms with E-state index in [0.717, 1.165) is 47.1 Å². The highest BCUT2D eigenvalue weighted by molar-refractivity contribution is 8.68. The van der Waals surface area contributed by atoms with E-state index in [9.17, 15) is 19.8 Å². The van der Waals surface area contributed by atoms with Crippen LogP contribution >= 0.6 is 23.8 Å². The number of imidazole rings is 3. The number of hydrogen-bond donors (Lipinski definition) is 2. The number of nitro groups is 1. The maximum absolute atomic E-state index is 14.6. The van der Waals surface area contributed by atoms with Crippen molar-refractivity contribution in [2.24, 2.45) is 17.8 Å². The van der Waals surface area contributed by atoms with Gasteiger partial charge in [-0.3, -0.25) is 24.0 Å². The maximum Gasteiger partial charge on any atom is 0.325 e. The van der Waals surface area contributed by atoms with E-state index in [1.54, 1.807) is 46.8 Å². The summed E-state index contributed by atoms with van der Waals surface area (Å²) in [5, 5.41) is 11.1. The molecule has 0 bridgehead atoms. The number of anilines is 1. The highest BCUT2D eigenvalue weighted by Crippen LogP contribution is 2.76. The quantitative estimate of drug-likeness (QED) is 0.0151. The van der Waals surface area contributed by atoms with E-state index in [0.29, 0.717) is 42.2 Å². The highest BCUT2D eigenvalue weighted by atomic mass is 32.9. The lowest BCUT2D eigenvalue weighted by Crippen LogP contribution is -2.50. The summed E-state index contributed by atoms with van der Waals surface area (Å²) in [5.74, 6) is 0.326. The number of nitro benzene ring substituents is 1. The molecule has 12 atom stereocenters. The summed E-state index contributed by atoms with van der Waals surface area (Å²) in [6.07, 6.45) is 7.27. The number of non-ortho nitro benzene ring substituents is 1. The fourth-order valence-corrected chi connectivity index (χ4v) is 23.3. The molecule has 0 spiro atoms. The van der Waals surface area contributed by atoms with E-state index in [2.05, 4.69) is 111 Å². The van der Waals surface area contributed by atoms with Gasteiger partial charge in [0.05, 0.1) is 43.5 Å². The van der Waals surface area contributed by atoms with Crippen molar-refractivity contribution >= 4 is 95.3 Å². The molecule has 2 aliphatic carbocycles. The molecule has 0 radical (unpaired) electrons. The zero-order valence-electron chi connectivity index (χ0n) is 53.3. The molecule has 2 aliphatic heterocycles. The number of allylic oxidation sites excluding steroid dienone is 1. The van der Waals surface area contributed by atoms with Gasteiger partial charge in [-0.1, -0.05) is 147 Å². The van der Waals surface area contributed by atoms with Crippen molar-refractivity contribution in [2.45, 2.75) is 138 Å². The third-order valence-electron chi connectivity index (χ3n) is 19.8. The van der Waals surface area contributed by atoms with Crippen molar-refractivity contribution in [3.05, 3.63) is 202 Å². The normalized spacial score (nSPS) is 26.4. The van der Waals surface area contributed by atoms with Crippen LogP contribution in [0.1, 0.15) is 94.8 Å². The number of nitrogens with zero attached hydrogens (tertiary/aromatic N) is 10. The second-order valence-electron chi connectivity index (χ2n) is 26.8. The Balaban J connectivity index is 0.849. The minimum absolute atomic E-state index is 0.0112. The second-order valence-corrected chi connectivity index (χ2v) is 40.9. The fraction of sp³-hybridized carbons (Fsp3) is 0.424. The van der Waals surface area contributed by atoms with Crippen LogP contribution in [0.25, 0.3) is 28.1 Å². The molecule has 28 heteroatoms. The number of hydrogen-bond acceptors (Lipinski definition) is 19. The molecule has 4 aromatic carbocycles. The molecule has 94 heavy (non-hydrogen) atoms. The van der Waals surface area contributed by atoms with Gasteiger partial charge in [0.2, 0.25) is 11.5 Å². The predicted molar refractivity (Wildman–Crippen MR) is 372 cm³/mol. The minimum atomic E-state index is -4.34. The van der Waals surface area contributed by atoms with E-state index in [4.69, 9.17) is 66.3 Å². The Morgan fingerprint density at radius 2 is 1.54 bits per heavy atom. The van der Waals surface area contributed by atoms with E-state index in [1.807, 2.05) is 63.7 Å². The number of aryl methyl sites for hydroxylation is 2. The zero-order chi connectivity index (χ0) is 66.1. The van der Waals surface area contributed by atoms with Crippen LogP contribution in [0.5, 0.6) is 0 Å². The molecule has 22 nitrogen and oxygen atoms in total. The summed E-state index contributed by atoms with van der Waals surface area (Å²) in [6.45, 7) is 15.3. The molecule has 2 saturated carbocycles. The molecular weight excluding hydrogens is 1310 g/mol. The van der Waals surface area contributed by atoms with Crippen molar-refractivity contribution in [1.29, 1.82) is 0 Å². The van der Waals surface area contributed by atoms with E-state index in [1.165, 1.54) is 29.2 Å².